The molecule has 3 N–H and O–H groups in total. The third kappa shape index (κ3) is 4.10. The van der Waals surface area contributed by atoms with E-state index < -0.39 is 0 Å². The average molecular weight is 286 g/mol. The number of nitrogens with one attached hydrogen (secondary N) is 1. The van der Waals surface area contributed by atoms with Gasteiger partial charge in [0.05, 0.1) is 4.47 Å². The molecule has 16 heavy (non-hydrogen) atoms. The molecule has 0 bridgehead atoms. The second-order valence-electron chi connectivity index (χ2n) is 4.20. The zero-order valence-electron chi connectivity index (χ0n) is 9.96. The molecule has 1 rings (SSSR count). The van der Waals surface area contributed by atoms with Crippen LogP contribution in [0.1, 0.15) is 25.3 Å². The van der Waals surface area contributed by atoms with E-state index in [0.717, 1.165) is 36.2 Å². The molecule has 0 aliphatic carbocycles. The molecular formula is C12H20BrN3. The van der Waals surface area contributed by atoms with Gasteiger partial charge in [-0.15, -0.1) is 0 Å². The molecule has 4 heteroatoms. The van der Waals surface area contributed by atoms with Gasteiger partial charge < -0.3 is 11.1 Å². The first-order valence-corrected chi connectivity index (χ1v) is 6.49. The summed E-state index contributed by atoms with van der Waals surface area (Å²) in [6, 6.07) is 1.99. The Bertz CT molecular complexity index is 328. The predicted octanol–water partition coefficient (Wildman–Crippen LogP) is 2.94. The summed E-state index contributed by atoms with van der Waals surface area (Å²) in [5, 5.41) is 3.33. The molecule has 1 atom stereocenters. The Kier molecular flexibility index (Phi) is 5.77. The fourth-order valence-corrected chi connectivity index (χ4v) is 1.81. The van der Waals surface area contributed by atoms with Gasteiger partial charge >= 0.3 is 0 Å². The lowest BCUT2D eigenvalue weighted by molar-refractivity contribution is 0.529. The van der Waals surface area contributed by atoms with Crippen LogP contribution in [-0.4, -0.2) is 18.1 Å². The minimum Gasteiger partial charge on any atom is -0.369 e. The molecule has 0 aromatic carbocycles. The van der Waals surface area contributed by atoms with E-state index in [0.29, 0.717) is 5.92 Å². The van der Waals surface area contributed by atoms with Gasteiger partial charge in [-0.3, -0.25) is 0 Å². The highest BCUT2D eigenvalue weighted by atomic mass is 79.9. The van der Waals surface area contributed by atoms with Gasteiger partial charge in [0.2, 0.25) is 0 Å². The number of aryl methyl sites for hydroxylation is 1. The molecule has 0 saturated carbocycles. The first kappa shape index (κ1) is 13.5. The van der Waals surface area contributed by atoms with Crippen molar-refractivity contribution >= 4 is 21.7 Å². The summed E-state index contributed by atoms with van der Waals surface area (Å²) >= 11 is 3.53. The van der Waals surface area contributed by atoms with E-state index >= 15 is 0 Å². The van der Waals surface area contributed by atoms with Crippen LogP contribution < -0.4 is 11.1 Å². The Morgan fingerprint density at radius 2 is 2.31 bits per heavy atom. The van der Waals surface area contributed by atoms with Gasteiger partial charge in [-0.25, -0.2) is 4.98 Å². The lowest BCUT2D eigenvalue weighted by atomic mass is 10.1. The standard InChI is InChI=1S/C12H20BrN3/c1-9(8-14)4-3-6-15-12-11(13)10(2)5-7-16-12/h5,7,9H,3-4,6,8,14H2,1-2H3,(H,15,16). The number of hydrogen-bond donors (Lipinski definition) is 2. The van der Waals surface area contributed by atoms with Gasteiger partial charge in [0, 0.05) is 12.7 Å². The summed E-state index contributed by atoms with van der Waals surface area (Å²) in [7, 11) is 0. The first-order chi connectivity index (χ1) is 7.65. The van der Waals surface area contributed by atoms with Crippen molar-refractivity contribution in [2.45, 2.75) is 26.7 Å². The number of anilines is 1. The number of halogens is 1. The topological polar surface area (TPSA) is 50.9 Å². The molecule has 1 unspecified atom stereocenters. The maximum Gasteiger partial charge on any atom is 0.140 e. The molecule has 0 aliphatic heterocycles. The van der Waals surface area contributed by atoms with Crippen LogP contribution in [0.15, 0.2) is 16.7 Å². The fraction of sp³-hybridized carbons (Fsp3) is 0.583. The summed E-state index contributed by atoms with van der Waals surface area (Å²) in [6.07, 6.45) is 4.11. The second-order valence-corrected chi connectivity index (χ2v) is 4.99. The van der Waals surface area contributed by atoms with Crippen LogP contribution in [0.4, 0.5) is 5.82 Å². The molecular weight excluding hydrogens is 266 g/mol. The van der Waals surface area contributed by atoms with Crippen LogP contribution in [0.2, 0.25) is 0 Å². The van der Waals surface area contributed by atoms with Crippen LogP contribution in [0.5, 0.6) is 0 Å². The normalized spacial score (nSPS) is 12.5. The third-order valence-corrected chi connectivity index (χ3v) is 3.65. The van der Waals surface area contributed by atoms with Crippen LogP contribution in [-0.2, 0) is 0 Å². The Hall–Kier alpha value is -0.610. The monoisotopic (exact) mass is 285 g/mol. The molecule has 0 spiro atoms. The van der Waals surface area contributed by atoms with Crippen LogP contribution in [0.25, 0.3) is 0 Å². The number of nitrogens with two attached hydrogens (primary N) is 1. The summed E-state index contributed by atoms with van der Waals surface area (Å²) in [4.78, 5) is 4.29. The molecule has 0 saturated heterocycles. The largest absolute Gasteiger partial charge is 0.369 e. The SMILES string of the molecule is Cc1ccnc(NCCCC(C)CN)c1Br. The van der Waals surface area contributed by atoms with Crippen LogP contribution in [0, 0.1) is 12.8 Å². The quantitative estimate of drug-likeness (QED) is 0.790. The molecule has 90 valence electrons. The van der Waals surface area contributed by atoms with E-state index in [-0.39, 0.29) is 0 Å². The van der Waals surface area contributed by atoms with E-state index in [1.54, 1.807) is 0 Å². The molecule has 0 radical (unpaired) electrons. The molecule has 0 aliphatic rings. The molecule has 1 aromatic heterocycles. The van der Waals surface area contributed by atoms with E-state index in [2.05, 4.69) is 40.1 Å². The van der Waals surface area contributed by atoms with Gasteiger partial charge in [0.15, 0.2) is 0 Å². The fourth-order valence-electron chi connectivity index (χ4n) is 1.44. The van der Waals surface area contributed by atoms with E-state index in [1.807, 2.05) is 12.3 Å². The Morgan fingerprint density at radius 1 is 1.56 bits per heavy atom. The summed E-state index contributed by atoms with van der Waals surface area (Å²) in [5.74, 6) is 1.54. The van der Waals surface area contributed by atoms with Crippen molar-refractivity contribution in [1.29, 1.82) is 0 Å². The predicted molar refractivity (Wildman–Crippen MR) is 72.6 cm³/mol. The van der Waals surface area contributed by atoms with Crippen molar-refractivity contribution in [1.82, 2.24) is 4.98 Å². The molecule has 0 amide bonds. The number of hydrogen-bond acceptors (Lipinski definition) is 3. The number of aromatic nitrogens is 1. The minimum absolute atomic E-state index is 0.607. The Labute approximate surface area is 106 Å². The highest BCUT2D eigenvalue weighted by Crippen LogP contribution is 2.23. The van der Waals surface area contributed by atoms with Crippen LogP contribution in [0.3, 0.4) is 0 Å². The third-order valence-electron chi connectivity index (χ3n) is 2.65. The van der Waals surface area contributed by atoms with Crippen molar-refractivity contribution in [3.63, 3.8) is 0 Å². The lowest BCUT2D eigenvalue weighted by Gasteiger charge is -2.11. The molecule has 1 aromatic rings. The maximum atomic E-state index is 5.57. The minimum atomic E-state index is 0.607. The van der Waals surface area contributed by atoms with E-state index in [4.69, 9.17) is 5.73 Å². The summed E-state index contributed by atoms with van der Waals surface area (Å²) in [5.41, 5.74) is 6.77. The van der Waals surface area contributed by atoms with Gasteiger partial charge in [-0.05, 0) is 59.8 Å². The van der Waals surface area contributed by atoms with E-state index in [9.17, 15) is 0 Å². The number of nitrogens with zero attached hydrogens (tertiary/aromatic N) is 1. The summed E-state index contributed by atoms with van der Waals surface area (Å²) in [6.45, 7) is 5.96. The van der Waals surface area contributed by atoms with E-state index in [1.165, 1.54) is 5.56 Å². The molecule has 1 heterocycles. The molecule has 0 fully saturated rings. The Balaban J connectivity index is 2.35. The zero-order valence-corrected chi connectivity index (χ0v) is 11.5. The smallest absolute Gasteiger partial charge is 0.140 e. The highest BCUT2D eigenvalue weighted by Gasteiger charge is 2.03. The van der Waals surface area contributed by atoms with Gasteiger partial charge in [0.25, 0.3) is 0 Å². The number of pyridine rings is 1. The van der Waals surface area contributed by atoms with Crippen LogP contribution >= 0.6 is 15.9 Å². The second kappa shape index (κ2) is 6.86. The van der Waals surface area contributed by atoms with Crippen molar-refractivity contribution < 1.29 is 0 Å². The Morgan fingerprint density at radius 3 is 3.00 bits per heavy atom. The molecule has 3 nitrogen and oxygen atoms in total. The summed E-state index contributed by atoms with van der Waals surface area (Å²) < 4.78 is 1.06. The van der Waals surface area contributed by atoms with Crippen molar-refractivity contribution in [2.24, 2.45) is 11.7 Å². The maximum absolute atomic E-state index is 5.57. The van der Waals surface area contributed by atoms with Crippen molar-refractivity contribution in [3.05, 3.63) is 22.3 Å². The first-order valence-electron chi connectivity index (χ1n) is 5.70. The lowest BCUT2D eigenvalue weighted by Crippen LogP contribution is -2.12. The average Bonchev–Trinajstić information content (AvgIpc) is 2.29. The van der Waals surface area contributed by atoms with Gasteiger partial charge in [-0.2, -0.15) is 0 Å². The zero-order chi connectivity index (χ0) is 12.0. The van der Waals surface area contributed by atoms with Gasteiger partial charge in [0.1, 0.15) is 5.82 Å². The van der Waals surface area contributed by atoms with Gasteiger partial charge in [-0.1, -0.05) is 6.92 Å². The number of rotatable bonds is 6. The van der Waals surface area contributed by atoms with Crippen molar-refractivity contribution in [2.75, 3.05) is 18.4 Å². The van der Waals surface area contributed by atoms with Crippen molar-refractivity contribution in [3.8, 4) is 0 Å². The highest BCUT2D eigenvalue weighted by molar-refractivity contribution is 9.10.